The molecule has 1 fully saturated rings. The van der Waals surface area contributed by atoms with E-state index in [9.17, 15) is 9.59 Å². The average Bonchev–Trinajstić information content (AvgIpc) is 2.58. The van der Waals surface area contributed by atoms with Crippen LogP contribution in [0, 0.1) is 0 Å². The predicted molar refractivity (Wildman–Crippen MR) is 97.9 cm³/mol. The Morgan fingerprint density at radius 1 is 1.32 bits per heavy atom. The summed E-state index contributed by atoms with van der Waals surface area (Å²) >= 11 is 0. The van der Waals surface area contributed by atoms with Crippen LogP contribution < -0.4 is 21.1 Å². The van der Waals surface area contributed by atoms with E-state index in [1.807, 2.05) is 18.7 Å². The van der Waals surface area contributed by atoms with Gasteiger partial charge in [0, 0.05) is 58.7 Å². The SMILES string of the molecule is CN=C(NCC(=O)NC(C)C)N1CCN(c2nccn(C)c2=O)CC1. The molecule has 9 nitrogen and oxygen atoms in total. The van der Waals surface area contributed by atoms with Crippen molar-refractivity contribution in [1.82, 2.24) is 25.1 Å². The Balaban J connectivity index is 1.90. The van der Waals surface area contributed by atoms with Crippen molar-refractivity contribution < 1.29 is 4.79 Å². The monoisotopic (exact) mass is 349 g/mol. The van der Waals surface area contributed by atoms with E-state index in [2.05, 4.69) is 25.5 Å². The number of aromatic nitrogens is 2. The van der Waals surface area contributed by atoms with Crippen LogP contribution in [0.25, 0.3) is 0 Å². The van der Waals surface area contributed by atoms with E-state index in [1.165, 1.54) is 4.57 Å². The van der Waals surface area contributed by atoms with Gasteiger partial charge >= 0.3 is 0 Å². The number of rotatable bonds is 4. The highest BCUT2D eigenvalue weighted by molar-refractivity contribution is 5.86. The van der Waals surface area contributed by atoms with Crippen LogP contribution in [0.4, 0.5) is 5.82 Å². The number of nitrogens with one attached hydrogen (secondary N) is 2. The highest BCUT2D eigenvalue weighted by atomic mass is 16.2. The summed E-state index contributed by atoms with van der Waals surface area (Å²) in [6.45, 7) is 6.78. The molecule has 9 heteroatoms. The standard InChI is InChI=1S/C16H27N7O2/c1-12(2)20-13(24)11-19-16(17-3)23-9-7-22(8-10-23)14-15(25)21(4)6-5-18-14/h5-6,12H,7-11H2,1-4H3,(H,17,19)(H,20,24). The minimum absolute atomic E-state index is 0.0632. The Labute approximate surface area is 147 Å². The minimum atomic E-state index is -0.0937. The van der Waals surface area contributed by atoms with Crippen LogP contribution >= 0.6 is 0 Å². The molecular weight excluding hydrogens is 322 g/mol. The highest BCUT2D eigenvalue weighted by Crippen LogP contribution is 2.08. The molecule has 25 heavy (non-hydrogen) atoms. The first-order valence-corrected chi connectivity index (χ1v) is 8.44. The van der Waals surface area contributed by atoms with Crippen molar-refractivity contribution >= 4 is 17.7 Å². The van der Waals surface area contributed by atoms with E-state index in [0.29, 0.717) is 38.0 Å². The van der Waals surface area contributed by atoms with Crippen LogP contribution in [0.2, 0.25) is 0 Å². The van der Waals surface area contributed by atoms with Gasteiger partial charge in [0.25, 0.3) is 5.56 Å². The zero-order chi connectivity index (χ0) is 18.4. The van der Waals surface area contributed by atoms with Crippen molar-refractivity contribution in [1.29, 1.82) is 0 Å². The Hall–Kier alpha value is -2.58. The summed E-state index contributed by atoms with van der Waals surface area (Å²) in [7, 11) is 3.42. The molecular formula is C16H27N7O2. The molecule has 138 valence electrons. The van der Waals surface area contributed by atoms with Gasteiger partial charge in [-0.1, -0.05) is 0 Å². The molecule has 1 aliphatic heterocycles. The molecule has 2 heterocycles. The van der Waals surface area contributed by atoms with Crippen LogP contribution in [0.3, 0.4) is 0 Å². The molecule has 1 saturated heterocycles. The molecule has 0 aliphatic carbocycles. The quantitative estimate of drug-likeness (QED) is 0.535. The second-order valence-electron chi connectivity index (χ2n) is 6.26. The summed E-state index contributed by atoms with van der Waals surface area (Å²) in [4.78, 5) is 36.5. The van der Waals surface area contributed by atoms with Gasteiger partial charge in [0.15, 0.2) is 11.8 Å². The number of piperazine rings is 1. The fourth-order valence-corrected chi connectivity index (χ4v) is 2.70. The van der Waals surface area contributed by atoms with Gasteiger partial charge in [-0.3, -0.25) is 14.6 Å². The normalized spacial score (nSPS) is 15.5. The smallest absolute Gasteiger partial charge is 0.293 e. The first kappa shape index (κ1) is 18.8. The van der Waals surface area contributed by atoms with Crippen LogP contribution in [0.5, 0.6) is 0 Å². The van der Waals surface area contributed by atoms with E-state index in [4.69, 9.17) is 0 Å². The van der Waals surface area contributed by atoms with Gasteiger partial charge < -0.3 is 25.0 Å². The first-order valence-electron chi connectivity index (χ1n) is 8.44. The second kappa shape index (κ2) is 8.50. The lowest BCUT2D eigenvalue weighted by atomic mass is 10.3. The van der Waals surface area contributed by atoms with Gasteiger partial charge in [0.2, 0.25) is 5.91 Å². The molecule has 0 aromatic carbocycles. The van der Waals surface area contributed by atoms with E-state index < -0.39 is 0 Å². The lowest BCUT2D eigenvalue weighted by molar-refractivity contribution is -0.120. The fraction of sp³-hybridized carbons (Fsp3) is 0.625. The Bertz CT molecular complexity index is 675. The lowest BCUT2D eigenvalue weighted by Gasteiger charge is -2.36. The van der Waals surface area contributed by atoms with Crippen molar-refractivity contribution in [2.75, 3.05) is 44.7 Å². The molecule has 1 amide bonds. The van der Waals surface area contributed by atoms with E-state index >= 15 is 0 Å². The Morgan fingerprint density at radius 2 is 2.00 bits per heavy atom. The molecule has 1 aliphatic rings. The number of carbonyl (C=O) groups is 1. The van der Waals surface area contributed by atoms with E-state index in [-0.39, 0.29) is 24.1 Å². The molecule has 0 atom stereocenters. The van der Waals surface area contributed by atoms with Crippen LogP contribution in [-0.4, -0.2) is 72.1 Å². The zero-order valence-corrected chi connectivity index (χ0v) is 15.3. The average molecular weight is 349 g/mol. The van der Waals surface area contributed by atoms with Gasteiger partial charge in [0.1, 0.15) is 0 Å². The van der Waals surface area contributed by atoms with Crippen molar-refractivity contribution in [3.05, 3.63) is 22.7 Å². The third-order valence-electron chi connectivity index (χ3n) is 3.95. The first-order chi connectivity index (χ1) is 11.9. The molecule has 2 rings (SSSR count). The summed E-state index contributed by atoms with van der Waals surface area (Å²) in [5, 5.41) is 5.92. The molecule has 1 aromatic rings. The van der Waals surface area contributed by atoms with Crippen molar-refractivity contribution in [2.45, 2.75) is 19.9 Å². The number of amides is 1. The number of aliphatic imine (C=N–C) groups is 1. The third-order valence-corrected chi connectivity index (χ3v) is 3.95. The zero-order valence-electron chi connectivity index (χ0n) is 15.3. The molecule has 0 radical (unpaired) electrons. The van der Waals surface area contributed by atoms with Crippen molar-refractivity contribution in [3.8, 4) is 0 Å². The number of aryl methyl sites for hydroxylation is 1. The molecule has 2 N–H and O–H groups in total. The minimum Gasteiger partial charge on any atom is -0.352 e. The van der Waals surface area contributed by atoms with Crippen molar-refractivity contribution in [3.63, 3.8) is 0 Å². The maximum absolute atomic E-state index is 12.2. The van der Waals surface area contributed by atoms with Crippen LogP contribution in [0.1, 0.15) is 13.8 Å². The number of carbonyl (C=O) groups excluding carboxylic acids is 1. The Morgan fingerprint density at radius 3 is 2.60 bits per heavy atom. The third kappa shape index (κ3) is 4.94. The second-order valence-corrected chi connectivity index (χ2v) is 6.26. The van der Waals surface area contributed by atoms with Gasteiger partial charge in [0.05, 0.1) is 6.54 Å². The summed E-state index contributed by atoms with van der Waals surface area (Å²) in [6, 6.07) is 0.112. The lowest BCUT2D eigenvalue weighted by Crippen LogP contribution is -2.54. The van der Waals surface area contributed by atoms with E-state index in [0.717, 1.165) is 0 Å². The fourth-order valence-electron chi connectivity index (χ4n) is 2.70. The number of guanidine groups is 1. The van der Waals surface area contributed by atoms with Gasteiger partial charge in [-0.05, 0) is 13.8 Å². The summed E-state index contributed by atoms with van der Waals surface area (Å²) in [5.41, 5.74) is -0.0937. The van der Waals surface area contributed by atoms with Gasteiger partial charge in [-0.25, -0.2) is 4.98 Å². The molecule has 1 aromatic heterocycles. The maximum atomic E-state index is 12.2. The van der Waals surface area contributed by atoms with E-state index in [1.54, 1.807) is 26.5 Å². The number of anilines is 1. The van der Waals surface area contributed by atoms with Crippen LogP contribution in [0.15, 0.2) is 22.2 Å². The van der Waals surface area contributed by atoms with Gasteiger partial charge in [-0.15, -0.1) is 0 Å². The highest BCUT2D eigenvalue weighted by Gasteiger charge is 2.22. The number of hydrogen-bond donors (Lipinski definition) is 2. The maximum Gasteiger partial charge on any atom is 0.293 e. The van der Waals surface area contributed by atoms with Crippen molar-refractivity contribution in [2.24, 2.45) is 12.0 Å². The largest absolute Gasteiger partial charge is 0.352 e. The topological polar surface area (TPSA) is 94.9 Å². The Kier molecular flexibility index (Phi) is 6.37. The van der Waals surface area contributed by atoms with Crippen LogP contribution in [-0.2, 0) is 11.8 Å². The molecule has 0 spiro atoms. The van der Waals surface area contributed by atoms with Gasteiger partial charge in [-0.2, -0.15) is 0 Å². The molecule has 0 bridgehead atoms. The predicted octanol–water partition coefficient (Wildman–Crippen LogP) is -0.998. The summed E-state index contributed by atoms with van der Waals surface area (Å²) in [6.07, 6.45) is 3.28. The number of nitrogens with zero attached hydrogens (tertiary/aromatic N) is 5. The molecule has 0 unspecified atom stereocenters. The summed E-state index contributed by atoms with van der Waals surface area (Å²) < 4.78 is 1.53. The molecule has 0 saturated carbocycles. The summed E-state index contributed by atoms with van der Waals surface area (Å²) in [5.74, 6) is 1.10. The number of hydrogen-bond acceptors (Lipinski definition) is 5.